The molecular formula is C25H32ClN3O5S2. The summed E-state index contributed by atoms with van der Waals surface area (Å²) in [4.78, 5) is 27.9. The van der Waals surface area contributed by atoms with E-state index in [-0.39, 0.29) is 35.6 Å². The third kappa shape index (κ3) is 6.86. The molecule has 1 saturated heterocycles. The molecule has 1 aliphatic rings. The largest absolute Gasteiger partial charge is 0.334 e. The minimum Gasteiger partial charge on any atom is -0.334 e. The molecule has 1 heterocycles. The van der Waals surface area contributed by atoms with E-state index in [0.717, 1.165) is 11.1 Å². The number of hydrogen-bond acceptors (Lipinski definition) is 6. The van der Waals surface area contributed by atoms with Gasteiger partial charge in [-0.3, -0.25) is 14.3 Å². The number of piperidine rings is 1. The van der Waals surface area contributed by atoms with Gasteiger partial charge in [-0.15, -0.1) is 0 Å². The highest BCUT2D eigenvalue weighted by Gasteiger charge is 2.38. The molecule has 3 rings (SSSR count). The minimum atomic E-state index is -3.57. The van der Waals surface area contributed by atoms with Gasteiger partial charge >= 0.3 is 0 Å². The molecule has 196 valence electrons. The molecule has 3 atom stereocenters. The Morgan fingerprint density at radius 3 is 2.28 bits per heavy atom. The van der Waals surface area contributed by atoms with Crippen LogP contribution in [0.25, 0.3) is 0 Å². The van der Waals surface area contributed by atoms with E-state index in [2.05, 4.69) is 4.72 Å². The number of nitrogens with zero attached hydrogens (tertiary/aromatic N) is 1. The van der Waals surface area contributed by atoms with Crippen molar-refractivity contribution in [2.24, 2.45) is 5.92 Å². The molecule has 1 aliphatic heterocycles. The van der Waals surface area contributed by atoms with Crippen LogP contribution in [0.1, 0.15) is 50.3 Å². The fraction of sp³-hybridized carbons (Fsp3) is 0.440. The van der Waals surface area contributed by atoms with Gasteiger partial charge in [0.25, 0.3) is 0 Å². The molecule has 0 bridgehead atoms. The predicted molar refractivity (Wildman–Crippen MR) is 141 cm³/mol. The van der Waals surface area contributed by atoms with Gasteiger partial charge < -0.3 is 4.90 Å². The van der Waals surface area contributed by atoms with Crippen LogP contribution in [0.4, 0.5) is 0 Å². The Kier molecular flexibility index (Phi) is 8.84. The first-order valence-corrected chi connectivity index (χ1v) is 15.4. The third-order valence-corrected chi connectivity index (χ3v) is 10.3. The number of nitrogens with one attached hydrogen (secondary N) is 2. The number of sulfone groups is 1. The van der Waals surface area contributed by atoms with E-state index in [4.69, 9.17) is 16.4 Å². The van der Waals surface area contributed by atoms with Crippen LogP contribution in [0.15, 0.2) is 53.4 Å². The molecule has 0 aliphatic carbocycles. The van der Waals surface area contributed by atoms with Crippen LogP contribution < -0.4 is 4.72 Å². The summed E-state index contributed by atoms with van der Waals surface area (Å²) in [7, 11) is -6.96. The van der Waals surface area contributed by atoms with E-state index in [0.29, 0.717) is 17.9 Å². The van der Waals surface area contributed by atoms with E-state index >= 15 is 0 Å². The van der Waals surface area contributed by atoms with Crippen LogP contribution in [-0.2, 0) is 29.3 Å². The summed E-state index contributed by atoms with van der Waals surface area (Å²) >= 11 is 6.01. The third-order valence-electron chi connectivity index (χ3n) is 6.43. The summed E-state index contributed by atoms with van der Waals surface area (Å²) in [6.45, 7) is 5.06. The number of likely N-dealkylation sites (tertiary alicyclic amines) is 1. The van der Waals surface area contributed by atoms with Gasteiger partial charge in [-0.2, -0.15) is 0 Å². The lowest BCUT2D eigenvalue weighted by Crippen LogP contribution is -2.47. The van der Waals surface area contributed by atoms with Crippen LogP contribution in [0.5, 0.6) is 0 Å². The molecule has 2 aromatic carbocycles. The van der Waals surface area contributed by atoms with E-state index < -0.39 is 36.8 Å². The smallest absolute Gasteiger partial charge is 0.233 e. The highest BCUT2D eigenvalue weighted by molar-refractivity contribution is 7.92. The number of hydrogen-bond donors (Lipinski definition) is 2. The average Bonchev–Trinajstić information content (AvgIpc) is 2.80. The zero-order valence-electron chi connectivity index (χ0n) is 20.6. The lowest BCUT2D eigenvalue weighted by atomic mass is 9.86. The SMILES string of the molecule is Cc1ccc(S(=N)(=O)NC(=O)CC2CCC(c3ccc(Cl)cc3)N(CCS(=O)(=O)C(C)C)C2=O)cc1. The topological polar surface area (TPSA) is 124 Å². The van der Waals surface area contributed by atoms with Crippen LogP contribution in [0, 0.1) is 17.6 Å². The first-order chi connectivity index (χ1) is 16.8. The zero-order valence-corrected chi connectivity index (χ0v) is 23.0. The second-order valence-corrected chi connectivity index (χ2v) is 14.3. The Bertz CT molecular complexity index is 1310. The van der Waals surface area contributed by atoms with Crippen molar-refractivity contribution in [3.05, 3.63) is 64.7 Å². The number of halogens is 1. The van der Waals surface area contributed by atoms with Gasteiger partial charge in [0, 0.05) is 23.9 Å². The van der Waals surface area contributed by atoms with Crippen LogP contribution in [0.3, 0.4) is 0 Å². The Morgan fingerprint density at radius 1 is 1.08 bits per heavy atom. The average molecular weight is 554 g/mol. The van der Waals surface area contributed by atoms with Crippen molar-refractivity contribution < 1.29 is 22.2 Å². The van der Waals surface area contributed by atoms with Crippen molar-refractivity contribution in [1.82, 2.24) is 9.62 Å². The molecule has 36 heavy (non-hydrogen) atoms. The Morgan fingerprint density at radius 2 is 1.69 bits per heavy atom. The first kappa shape index (κ1) is 28.1. The number of carbonyl (C=O) groups excluding carboxylic acids is 2. The van der Waals surface area contributed by atoms with Crippen molar-refractivity contribution in [3.8, 4) is 0 Å². The summed E-state index contributed by atoms with van der Waals surface area (Å²) in [5.41, 5.74) is 1.77. The molecule has 0 saturated carbocycles. The maximum atomic E-state index is 13.5. The molecule has 1 fully saturated rings. The number of rotatable bonds is 9. The second-order valence-electron chi connectivity index (χ2n) is 9.39. The molecule has 3 unspecified atom stereocenters. The summed E-state index contributed by atoms with van der Waals surface area (Å²) in [6, 6.07) is 13.2. The molecule has 11 heteroatoms. The predicted octanol–water partition coefficient (Wildman–Crippen LogP) is 4.28. The maximum absolute atomic E-state index is 13.5. The Labute approximate surface area is 218 Å². The maximum Gasteiger partial charge on any atom is 0.233 e. The van der Waals surface area contributed by atoms with E-state index in [1.54, 1.807) is 38.1 Å². The van der Waals surface area contributed by atoms with Gasteiger partial charge in [-0.05, 0) is 63.4 Å². The van der Waals surface area contributed by atoms with E-state index in [1.165, 1.54) is 17.0 Å². The molecular weight excluding hydrogens is 522 g/mol. The summed E-state index contributed by atoms with van der Waals surface area (Å²) in [5.74, 6) is -1.88. The van der Waals surface area contributed by atoms with Crippen molar-refractivity contribution in [2.75, 3.05) is 12.3 Å². The quantitative estimate of drug-likeness (QED) is 0.479. The molecule has 2 aromatic rings. The van der Waals surface area contributed by atoms with Gasteiger partial charge in [-0.1, -0.05) is 41.4 Å². The molecule has 8 nitrogen and oxygen atoms in total. The lowest BCUT2D eigenvalue weighted by molar-refractivity contribution is -0.144. The Balaban J connectivity index is 1.77. The van der Waals surface area contributed by atoms with Crippen LogP contribution >= 0.6 is 11.6 Å². The van der Waals surface area contributed by atoms with Crippen molar-refractivity contribution >= 4 is 43.2 Å². The summed E-state index contributed by atoms with van der Waals surface area (Å²) < 4.78 is 48.1. The Hall–Kier alpha value is -2.43. The zero-order chi connectivity index (χ0) is 26.7. The monoisotopic (exact) mass is 553 g/mol. The fourth-order valence-corrected chi connectivity index (χ4v) is 6.28. The van der Waals surface area contributed by atoms with Crippen molar-refractivity contribution in [3.63, 3.8) is 0 Å². The van der Waals surface area contributed by atoms with Crippen LogP contribution in [0.2, 0.25) is 5.02 Å². The molecule has 2 N–H and O–H groups in total. The second kappa shape index (κ2) is 11.3. The molecule has 2 amide bonds. The summed E-state index contributed by atoms with van der Waals surface area (Å²) in [5, 5.41) is -0.0168. The number of benzene rings is 2. The van der Waals surface area contributed by atoms with Crippen molar-refractivity contribution in [2.45, 2.75) is 56.2 Å². The van der Waals surface area contributed by atoms with E-state index in [1.807, 2.05) is 19.1 Å². The first-order valence-electron chi connectivity index (χ1n) is 11.7. The van der Waals surface area contributed by atoms with Gasteiger partial charge in [-0.25, -0.2) is 17.4 Å². The highest BCUT2D eigenvalue weighted by atomic mass is 35.5. The highest BCUT2D eigenvalue weighted by Crippen LogP contribution is 2.36. The van der Waals surface area contributed by atoms with E-state index in [9.17, 15) is 22.2 Å². The fourth-order valence-electron chi connectivity index (χ4n) is 4.19. The molecule has 0 spiro atoms. The molecule has 0 radical (unpaired) electrons. The van der Waals surface area contributed by atoms with Gasteiger partial charge in [0.1, 0.15) is 0 Å². The van der Waals surface area contributed by atoms with Crippen molar-refractivity contribution in [1.29, 1.82) is 4.78 Å². The normalized spacial score (nSPS) is 20.2. The number of carbonyl (C=O) groups is 2. The lowest BCUT2D eigenvalue weighted by Gasteiger charge is -2.39. The number of amides is 2. The molecule has 0 aromatic heterocycles. The van der Waals surface area contributed by atoms with Gasteiger partial charge in [0.15, 0.2) is 19.8 Å². The van der Waals surface area contributed by atoms with Crippen LogP contribution in [-0.4, -0.2) is 46.9 Å². The van der Waals surface area contributed by atoms with Gasteiger partial charge in [0.05, 0.1) is 21.9 Å². The summed E-state index contributed by atoms with van der Waals surface area (Å²) in [6.07, 6.45) is 0.694. The minimum absolute atomic E-state index is 0.00329. The number of aryl methyl sites for hydroxylation is 1. The standard InChI is InChI=1S/C25H32ClN3O5S2/c1-17(2)35(32,33)15-14-29-23(19-6-9-21(26)10-7-19)13-8-20(25(29)31)16-24(30)28-36(27,34)22-11-4-18(3)5-12-22/h4-7,9-12,17,20,23H,8,13-16H2,1-3H3,(H2,27,28,30,34). The van der Waals surface area contributed by atoms with Gasteiger partial charge in [0.2, 0.25) is 11.8 Å².